The molecule has 100 valence electrons. The number of hydrogen-bond acceptors (Lipinski definition) is 5. The van der Waals surface area contributed by atoms with Crippen molar-refractivity contribution >= 4 is 23.0 Å². The van der Waals surface area contributed by atoms with E-state index < -0.39 is 0 Å². The SMILES string of the molecule is CN1CCN(Cc2nnnn2C)c2ccc(Cl)cc21. The van der Waals surface area contributed by atoms with Gasteiger partial charge in [-0.25, -0.2) is 4.68 Å². The van der Waals surface area contributed by atoms with Gasteiger partial charge in [0.15, 0.2) is 5.82 Å². The Bertz CT molecular complexity index is 596. The average molecular weight is 279 g/mol. The predicted octanol–water partition coefficient (Wildman–Crippen LogP) is 1.32. The van der Waals surface area contributed by atoms with Gasteiger partial charge in [0.2, 0.25) is 0 Å². The number of aromatic nitrogens is 4. The summed E-state index contributed by atoms with van der Waals surface area (Å²) in [6.07, 6.45) is 0. The molecule has 0 unspecified atom stereocenters. The van der Waals surface area contributed by atoms with E-state index >= 15 is 0 Å². The van der Waals surface area contributed by atoms with Crippen LogP contribution in [0.4, 0.5) is 11.4 Å². The predicted molar refractivity (Wildman–Crippen MR) is 74.6 cm³/mol. The molecule has 6 nitrogen and oxygen atoms in total. The second-order valence-corrected chi connectivity index (χ2v) is 5.13. The number of aryl methyl sites for hydroxylation is 1. The topological polar surface area (TPSA) is 50.1 Å². The molecule has 0 bridgehead atoms. The molecule has 3 rings (SSSR count). The van der Waals surface area contributed by atoms with Gasteiger partial charge >= 0.3 is 0 Å². The first-order valence-electron chi connectivity index (χ1n) is 6.12. The highest BCUT2D eigenvalue weighted by Crippen LogP contribution is 2.34. The Hall–Kier alpha value is -1.82. The van der Waals surface area contributed by atoms with Crippen molar-refractivity contribution in [2.24, 2.45) is 7.05 Å². The monoisotopic (exact) mass is 278 g/mol. The molecule has 7 heteroatoms. The molecule has 0 radical (unpaired) electrons. The van der Waals surface area contributed by atoms with Gasteiger partial charge in [-0.1, -0.05) is 11.6 Å². The van der Waals surface area contributed by atoms with Crippen LogP contribution in [0.3, 0.4) is 0 Å². The van der Waals surface area contributed by atoms with Crippen molar-refractivity contribution < 1.29 is 0 Å². The zero-order valence-electron chi connectivity index (χ0n) is 10.9. The maximum absolute atomic E-state index is 6.08. The van der Waals surface area contributed by atoms with Crippen LogP contribution in [0.15, 0.2) is 18.2 Å². The highest BCUT2D eigenvalue weighted by atomic mass is 35.5. The highest BCUT2D eigenvalue weighted by Gasteiger charge is 2.21. The number of tetrazole rings is 1. The van der Waals surface area contributed by atoms with Gasteiger partial charge in [0.05, 0.1) is 17.9 Å². The molecular weight excluding hydrogens is 264 g/mol. The van der Waals surface area contributed by atoms with Crippen LogP contribution in [0.5, 0.6) is 0 Å². The summed E-state index contributed by atoms with van der Waals surface area (Å²) in [6, 6.07) is 5.97. The molecule has 0 aliphatic carbocycles. The first-order valence-corrected chi connectivity index (χ1v) is 6.50. The van der Waals surface area contributed by atoms with E-state index in [9.17, 15) is 0 Å². The van der Waals surface area contributed by atoms with Crippen molar-refractivity contribution in [3.05, 3.63) is 29.0 Å². The molecule has 0 amide bonds. The van der Waals surface area contributed by atoms with Crippen molar-refractivity contribution in [3.63, 3.8) is 0 Å². The Morgan fingerprint density at radius 1 is 1.21 bits per heavy atom. The Morgan fingerprint density at radius 2 is 2.05 bits per heavy atom. The lowest BCUT2D eigenvalue weighted by atomic mass is 10.1. The Morgan fingerprint density at radius 3 is 2.79 bits per heavy atom. The maximum atomic E-state index is 6.08. The zero-order valence-corrected chi connectivity index (χ0v) is 11.7. The van der Waals surface area contributed by atoms with Gasteiger partial charge in [-0.2, -0.15) is 0 Å². The van der Waals surface area contributed by atoms with E-state index in [-0.39, 0.29) is 0 Å². The number of benzene rings is 1. The molecule has 2 heterocycles. The van der Waals surface area contributed by atoms with Crippen LogP contribution in [-0.2, 0) is 13.6 Å². The largest absolute Gasteiger partial charge is 0.371 e. The number of anilines is 2. The van der Waals surface area contributed by atoms with Crippen molar-refractivity contribution in [1.29, 1.82) is 0 Å². The van der Waals surface area contributed by atoms with Gasteiger partial charge in [0.25, 0.3) is 0 Å². The molecule has 0 fully saturated rings. The minimum atomic E-state index is 0.700. The third kappa shape index (κ3) is 2.23. The lowest BCUT2D eigenvalue weighted by Crippen LogP contribution is -2.39. The summed E-state index contributed by atoms with van der Waals surface area (Å²) in [4.78, 5) is 4.49. The molecule has 1 aliphatic rings. The lowest BCUT2D eigenvalue weighted by molar-refractivity contribution is 0.646. The number of halogens is 1. The van der Waals surface area contributed by atoms with E-state index in [0.29, 0.717) is 6.54 Å². The summed E-state index contributed by atoms with van der Waals surface area (Å²) in [5.74, 6) is 0.852. The fourth-order valence-corrected chi connectivity index (χ4v) is 2.46. The van der Waals surface area contributed by atoms with E-state index in [4.69, 9.17) is 11.6 Å². The van der Waals surface area contributed by atoms with Gasteiger partial charge in [0.1, 0.15) is 0 Å². The summed E-state index contributed by atoms with van der Waals surface area (Å²) in [7, 11) is 3.94. The Balaban J connectivity index is 1.93. The van der Waals surface area contributed by atoms with Gasteiger partial charge in [-0.15, -0.1) is 5.10 Å². The van der Waals surface area contributed by atoms with E-state index in [2.05, 4.69) is 38.4 Å². The number of rotatable bonds is 2. The van der Waals surface area contributed by atoms with E-state index in [1.54, 1.807) is 4.68 Å². The van der Waals surface area contributed by atoms with Gasteiger partial charge in [0, 0.05) is 32.2 Å². The van der Waals surface area contributed by atoms with Crippen molar-refractivity contribution in [2.45, 2.75) is 6.54 Å². The fourth-order valence-electron chi connectivity index (χ4n) is 2.30. The quantitative estimate of drug-likeness (QED) is 0.829. The van der Waals surface area contributed by atoms with Crippen molar-refractivity contribution in [2.75, 3.05) is 29.9 Å². The summed E-state index contributed by atoms with van der Waals surface area (Å²) >= 11 is 6.08. The van der Waals surface area contributed by atoms with Crippen LogP contribution in [0.1, 0.15) is 5.82 Å². The molecule has 0 saturated heterocycles. The summed E-state index contributed by atoms with van der Waals surface area (Å²) in [5, 5.41) is 12.3. The summed E-state index contributed by atoms with van der Waals surface area (Å²) < 4.78 is 1.70. The first-order chi connectivity index (χ1) is 9.15. The number of nitrogens with zero attached hydrogens (tertiary/aromatic N) is 6. The summed E-state index contributed by atoms with van der Waals surface area (Å²) in [5.41, 5.74) is 2.31. The molecule has 19 heavy (non-hydrogen) atoms. The normalized spacial score (nSPS) is 14.7. The highest BCUT2D eigenvalue weighted by molar-refractivity contribution is 6.31. The molecule has 1 aromatic carbocycles. The third-order valence-electron chi connectivity index (χ3n) is 3.43. The van der Waals surface area contributed by atoms with Crippen LogP contribution in [0, 0.1) is 0 Å². The second-order valence-electron chi connectivity index (χ2n) is 4.69. The van der Waals surface area contributed by atoms with Crippen molar-refractivity contribution in [1.82, 2.24) is 20.2 Å². The second kappa shape index (κ2) is 4.70. The molecule has 1 aromatic heterocycles. The molecule has 0 N–H and O–H groups in total. The first kappa shape index (κ1) is 12.2. The average Bonchev–Trinajstić information content (AvgIpc) is 2.79. The number of hydrogen-bond donors (Lipinski definition) is 0. The molecule has 0 spiro atoms. The molecule has 0 atom stereocenters. The molecular formula is C12H15ClN6. The van der Waals surface area contributed by atoms with Crippen molar-refractivity contribution in [3.8, 4) is 0 Å². The minimum Gasteiger partial charge on any atom is -0.371 e. The van der Waals surface area contributed by atoms with Crippen LogP contribution in [0.25, 0.3) is 0 Å². The van der Waals surface area contributed by atoms with E-state index in [1.165, 1.54) is 5.69 Å². The van der Waals surface area contributed by atoms with Crippen LogP contribution in [0.2, 0.25) is 5.02 Å². The number of fused-ring (bicyclic) bond motifs is 1. The molecule has 0 saturated carbocycles. The zero-order chi connectivity index (χ0) is 13.4. The molecule has 1 aliphatic heterocycles. The van der Waals surface area contributed by atoms with Gasteiger partial charge in [-0.3, -0.25) is 0 Å². The van der Waals surface area contributed by atoms with Gasteiger partial charge < -0.3 is 9.80 Å². The van der Waals surface area contributed by atoms with E-state index in [1.807, 2.05) is 19.2 Å². The Kier molecular flexibility index (Phi) is 3.02. The Labute approximate surface area is 116 Å². The molecule has 2 aromatic rings. The standard InChI is InChI=1S/C12H15ClN6/c1-17-5-6-19(8-12-14-15-16-18(12)2)10-4-3-9(13)7-11(10)17/h3-4,7H,5-6,8H2,1-2H3. The van der Waals surface area contributed by atoms with Crippen LogP contribution in [-0.4, -0.2) is 40.3 Å². The van der Waals surface area contributed by atoms with Gasteiger partial charge in [-0.05, 0) is 28.6 Å². The summed E-state index contributed by atoms with van der Waals surface area (Å²) in [6.45, 7) is 2.60. The third-order valence-corrected chi connectivity index (χ3v) is 3.67. The fraction of sp³-hybridized carbons (Fsp3) is 0.417. The minimum absolute atomic E-state index is 0.700. The van der Waals surface area contributed by atoms with Crippen LogP contribution >= 0.6 is 11.6 Å². The number of likely N-dealkylation sites (N-methyl/N-ethyl adjacent to an activating group) is 1. The van der Waals surface area contributed by atoms with E-state index in [0.717, 1.165) is 29.6 Å². The smallest absolute Gasteiger partial charge is 0.170 e. The van der Waals surface area contributed by atoms with Crippen LogP contribution < -0.4 is 9.80 Å². The maximum Gasteiger partial charge on any atom is 0.170 e. The lowest BCUT2D eigenvalue weighted by Gasteiger charge is -2.36.